The number of carbonyl (C=O) groups excluding carboxylic acids is 1. The molecule has 0 radical (unpaired) electrons. The van der Waals surface area contributed by atoms with Gasteiger partial charge in [0, 0.05) is 0 Å². The fourth-order valence-corrected chi connectivity index (χ4v) is 6.60. The van der Waals surface area contributed by atoms with Crippen LogP contribution in [0.1, 0.15) is 79.1 Å². The highest BCUT2D eigenvalue weighted by Crippen LogP contribution is 2.57. The molecule has 4 aliphatic carbocycles. The first-order valence-electron chi connectivity index (χ1n) is 11.1. The first kappa shape index (κ1) is 20.2. The second kappa shape index (κ2) is 7.02. The molecule has 5 rings (SSSR count). The van der Waals surface area contributed by atoms with E-state index in [0.717, 1.165) is 24.2 Å². The third kappa shape index (κ3) is 3.49. The third-order valence-corrected chi connectivity index (χ3v) is 7.94. The van der Waals surface area contributed by atoms with Crippen molar-refractivity contribution >= 4 is 6.09 Å². The molecule has 1 amide bonds. The van der Waals surface area contributed by atoms with Gasteiger partial charge in [0.1, 0.15) is 0 Å². The summed E-state index contributed by atoms with van der Waals surface area (Å²) in [6.45, 7) is 8.49. The molecule has 158 valence electrons. The summed E-state index contributed by atoms with van der Waals surface area (Å²) >= 11 is 0. The average Bonchev–Trinajstić information content (AvgIpc) is 2.72. The molecular weight excluding hydrogens is 354 g/mol. The number of rotatable bonds is 7. The van der Waals surface area contributed by atoms with E-state index in [-0.39, 0.29) is 5.60 Å². The maximum absolute atomic E-state index is 12.5. The lowest BCUT2D eigenvalue weighted by atomic mass is 9.54. The standard InChI is InChI=1S/C23H37NO4/c1-16(2)6-5-7-21(3)22(4,26)24(20(25)28-21)8-9-27-23-13-17-10-18(14-23)12-19(11-17)15-23/h6,17-19,26H,5,7-15H2,1-4H3/t17?,18?,19?,21-,22-,23?/m0/s1. The van der Waals surface area contributed by atoms with Crippen LogP contribution >= 0.6 is 0 Å². The van der Waals surface area contributed by atoms with Crippen LogP contribution < -0.4 is 0 Å². The van der Waals surface area contributed by atoms with E-state index in [9.17, 15) is 9.90 Å². The van der Waals surface area contributed by atoms with Gasteiger partial charge in [0.25, 0.3) is 0 Å². The summed E-state index contributed by atoms with van der Waals surface area (Å²) < 4.78 is 12.1. The van der Waals surface area contributed by atoms with Gasteiger partial charge in [-0.05, 0) is 96.8 Å². The molecule has 1 saturated heterocycles. The van der Waals surface area contributed by atoms with Gasteiger partial charge in [-0.3, -0.25) is 4.90 Å². The fourth-order valence-electron chi connectivity index (χ4n) is 6.60. The minimum absolute atomic E-state index is 0.0248. The number of hydrogen-bond acceptors (Lipinski definition) is 4. The molecule has 1 heterocycles. The zero-order chi connectivity index (χ0) is 20.2. The van der Waals surface area contributed by atoms with Crippen molar-refractivity contribution in [1.29, 1.82) is 0 Å². The van der Waals surface area contributed by atoms with Crippen molar-refractivity contribution < 1.29 is 19.4 Å². The van der Waals surface area contributed by atoms with Gasteiger partial charge in [-0.1, -0.05) is 11.6 Å². The number of nitrogens with zero attached hydrogens (tertiary/aromatic N) is 1. The molecule has 5 fully saturated rings. The molecule has 0 unspecified atom stereocenters. The number of allylic oxidation sites excluding steroid dienone is 2. The Morgan fingerprint density at radius 3 is 2.29 bits per heavy atom. The van der Waals surface area contributed by atoms with Gasteiger partial charge in [0.2, 0.25) is 0 Å². The maximum Gasteiger partial charge on any atom is 0.412 e. The first-order valence-corrected chi connectivity index (χ1v) is 11.1. The maximum atomic E-state index is 12.5. The summed E-state index contributed by atoms with van der Waals surface area (Å²) in [4.78, 5) is 14.0. The monoisotopic (exact) mass is 391 g/mol. The Labute approximate surface area is 169 Å². The third-order valence-electron chi connectivity index (χ3n) is 7.94. The molecule has 0 aromatic rings. The van der Waals surface area contributed by atoms with Crippen LogP contribution in [0.25, 0.3) is 0 Å². The van der Waals surface area contributed by atoms with E-state index >= 15 is 0 Å². The summed E-state index contributed by atoms with van der Waals surface area (Å²) in [7, 11) is 0. The Balaban J connectivity index is 1.36. The fraction of sp³-hybridized carbons (Fsp3) is 0.870. The minimum atomic E-state index is -1.33. The van der Waals surface area contributed by atoms with Crippen molar-refractivity contribution in [3.8, 4) is 0 Å². The molecule has 5 heteroatoms. The van der Waals surface area contributed by atoms with Gasteiger partial charge < -0.3 is 14.6 Å². The molecule has 0 spiro atoms. The molecule has 0 aromatic carbocycles. The number of hydrogen-bond donors (Lipinski definition) is 1. The van der Waals surface area contributed by atoms with E-state index in [1.807, 2.05) is 6.92 Å². The van der Waals surface area contributed by atoms with Crippen LogP contribution in [0.5, 0.6) is 0 Å². The summed E-state index contributed by atoms with van der Waals surface area (Å²) in [6.07, 6.45) is 10.8. The van der Waals surface area contributed by atoms with Crippen molar-refractivity contribution in [3.05, 3.63) is 11.6 Å². The van der Waals surface area contributed by atoms with Crippen LogP contribution in [0.2, 0.25) is 0 Å². The molecule has 4 saturated carbocycles. The summed E-state index contributed by atoms with van der Waals surface area (Å²) in [5, 5.41) is 11.2. The highest BCUT2D eigenvalue weighted by atomic mass is 16.6. The predicted octanol–water partition coefficient (Wildman–Crippen LogP) is 4.64. The SMILES string of the molecule is CC(C)=CCC[C@]1(C)OC(=O)N(CCOC23CC4CC(CC(C4)C2)C3)[C@@]1(C)O. The molecule has 28 heavy (non-hydrogen) atoms. The molecule has 0 aromatic heterocycles. The number of aliphatic hydroxyl groups is 1. The van der Waals surface area contributed by atoms with Crippen molar-refractivity contribution in [2.75, 3.05) is 13.2 Å². The molecular formula is C23H37NO4. The van der Waals surface area contributed by atoms with E-state index < -0.39 is 17.4 Å². The quantitative estimate of drug-likeness (QED) is 0.643. The molecule has 2 atom stereocenters. The van der Waals surface area contributed by atoms with Gasteiger partial charge in [0.15, 0.2) is 11.3 Å². The number of carbonyl (C=O) groups is 1. The van der Waals surface area contributed by atoms with Crippen LogP contribution in [-0.2, 0) is 9.47 Å². The summed E-state index contributed by atoms with van der Waals surface area (Å²) in [5.74, 6) is 2.51. The van der Waals surface area contributed by atoms with E-state index in [1.165, 1.54) is 49.0 Å². The van der Waals surface area contributed by atoms with Crippen LogP contribution in [0.3, 0.4) is 0 Å². The highest BCUT2D eigenvalue weighted by molar-refractivity contribution is 5.72. The topological polar surface area (TPSA) is 59.0 Å². The van der Waals surface area contributed by atoms with Crippen LogP contribution in [0, 0.1) is 17.8 Å². The average molecular weight is 392 g/mol. The number of cyclic esters (lactones) is 1. The lowest BCUT2D eigenvalue weighted by molar-refractivity contribution is -0.175. The van der Waals surface area contributed by atoms with Gasteiger partial charge in [-0.2, -0.15) is 0 Å². The molecule has 4 bridgehead atoms. The first-order chi connectivity index (χ1) is 13.1. The van der Waals surface area contributed by atoms with Crippen molar-refractivity contribution in [2.24, 2.45) is 17.8 Å². The largest absolute Gasteiger partial charge is 0.438 e. The Hall–Kier alpha value is -1.07. The van der Waals surface area contributed by atoms with Gasteiger partial charge >= 0.3 is 6.09 Å². The van der Waals surface area contributed by atoms with Crippen molar-refractivity contribution in [1.82, 2.24) is 4.90 Å². The molecule has 5 aliphatic rings. The molecule has 1 aliphatic heterocycles. The van der Waals surface area contributed by atoms with E-state index in [0.29, 0.717) is 19.6 Å². The predicted molar refractivity (Wildman–Crippen MR) is 108 cm³/mol. The smallest absolute Gasteiger partial charge is 0.412 e. The van der Waals surface area contributed by atoms with Gasteiger partial charge in [0.05, 0.1) is 18.8 Å². The summed E-state index contributed by atoms with van der Waals surface area (Å²) in [6, 6.07) is 0. The Morgan fingerprint density at radius 1 is 1.18 bits per heavy atom. The van der Waals surface area contributed by atoms with Gasteiger partial charge in [-0.25, -0.2) is 4.79 Å². The Bertz CT molecular complexity index is 616. The lowest BCUT2D eigenvalue weighted by Crippen LogP contribution is -2.56. The Morgan fingerprint density at radius 2 is 1.75 bits per heavy atom. The van der Waals surface area contributed by atoms with Crippen LogP contribution in [0.4, 0.5) is 4.79 Å². The zero-order valence-electron chi connectivity index (χ0n) is 18.0. The van der Waals surface area contributed by atoms with Crippen molar-refractivity contribution in [3.63, 3.8) is 0 Å². The molecule has 5 nitrogen and oxygen atoms in total. The Kier molecular flexibility index (Phi) is 5.06. The minimum Gasteiger partial charge on any atom is -0.438 e. The van der Waals surface area contributed by atoms with E-state index in [1.54, 1.807) is 6.92 Å². The van der Waals surface area contributed by atoms with Crippen molar-refractivity contribution in [2.45, 2.75) is 96.0 Å². The molecule has 1 N–H and O–H groups in total. The number of amides is 1. The highest BCUT2D eigenvalue weighted by Gasteiger charge is 2.59. The van der Waals surface area contributed by atoms with E-state index in [2.05, 4.69) is 19.9 Å². The van der Waals surface area contributed by atoms with Crippen LogP contribution in [-0.4, -0.2) is 46.2 Å². The zero-order valence-corrected chi connectivity index (χ0v) is 18.0. The van der Waals surface area contributed by atoms with Crippen LogP contribution in [0.15, 0.2) is 11.6 Å². The normalized spacial score (nSPS) is 44.1. The second-order valence-corrected chi connectivity index (χ2v) is 10.5. The van der Waals surface area contributed by atoms with E-state index in [4.69, 9.17) is 9.47 Å². The lowest BCUT2D eigenvalue weighted by Gasteiger charge is -2.56. The summed E-state index contributed by atoms with van der Waals surface area (Å²) in [5.41, 5.74) is -0.980. The van der Waals surface area contributed by atoms with Gasteiger partial charge in [-0.15, -0.1) is 0 Å². The second-order valence-electron chi connectivity index (χ2n) is 10.5. The number of ether oxygens (including phenoxy) is 2.